The number of nitrogen functional groups attached to an aromatic ring is 1. The Hall–Kier alpha value is -1.40. The van der Waals surface area contributed by atoms with E-state index in [-0.39, 0.29) is 0 Å². The highest BCUT2D eigenvalue weighted by Gasteiger charge is 2.20. The van der Waals surface area contributed by atoms with E-state index in [1.807, 2.05) is 6.92 Å². The maximum Gasteiger partial charge on any atom is 0.221 e. The van der Waals surface area contributed by atoms with Crippen LogP contribution in [0.25, 0.3) is 0 Å². The van der Waals surface area contributed by atoms with Crippen LogP contribution in [0.4, 0.5) is 5.82 Å². The number of hydrogen-bond acceptors (Lipinski definition) is 6. The normalized spacial score (nSPS) is 19.0. The monoisotopic (exact) mass is 293 g/mol. The molecular formula is C15H27N5O. The van der Waals surface area contributed by atoms with Crippen LogP contribution in [0.3, 0.4) is 0 Å². The van der Waals surface area contributed by atoms with Crippen molar-refractivity contribution < 1.29 is 4.74 Å². The van der Waals surface area contributed by atoms with Gasteiger partial charge in [0.05, 0.1) is 12.2 Å². The van der Waals surface area contributed by atoms with E-state index in [4.69, 9.17) is 10.6 Å². The zero-order valence-electron chi connectivity index (χ0n) is 13.4. The van der Waals surface area contributed by atoms with Gasteiger partial charge in [-0.1, -0.05) is 6.92 Å². The highest BCUT2D eigenvalue weighted by Crippen LogP contribution is 2.23. The Morgan fingerprint density at radius 3 is 2.86 bits per heavy atom. The molecule has 1 aliphatic heterocycles. The number of nitrogens with two attached hydrogens (primary N) is 1. The molecule has 1 aliphatic rings. The van der Waals surface area contributed by atoms with Crippen molar-refractivity contribution in [3.63, 3.8) is 0 Å². The van der Waals surface area contributed by atoms with Crippen molar-refractivity contribution >= 4 is 5.82 Å². The Labute approximate surface area is 127 Å². The molecule has 0 bridgehead atoms. The number of aromatic nitrogens is 2. The average molecular weight is 293 g/mol. The first-order chi connectivity index (χ1) is 10.2. The molecule has 1 atom stereocenters. The van der Waals surface area contributed by atoms with Crippen LogP contribution in [-0.2, 0) is 6.42 Å². The molecule has 2 rings (SSSR count). The summed E-state index contributed by atoms with van der Waals surface area (Å²) < 4.78 is 5.90. The Balaban J connectivity index is 1.99. The van der Waals surface area contributed by atoms with E-state index < -0.39 is 0 Å². The van der Waals surface area contributed by atoms with Crippen molar-refractivity contribution in [3.05, 3.63) is 11.4 Å². The lowest BCUT2D eigenvalue weighted by Gasteiger charge is -2.19. The molecule has 1 aromatic heterocycles. The first-order valence-corrected chi connectivity index (χ1v) is 7.82. The van der Waals surface area contributed by atoms with E-state index in [0.717, 1.165) is 30.7 Å². The predicted molar refractivity (Wildman–Crippen MR) is 84.3 cm³/mol. The van der Waals surface area contributed by atoms with Gasteiger partial charge in [0.15, 0.2) is 0 Å². The maximum atomic E-state index is 5.90. The third kappa shape index (κ3) is 4.04. The summed E-state index contributed by atoms with van der Waals surface area (Å²) in [5.41, 5.74) is 3.51. The molecular weight excluding hydrogens is 266 g/mol. The fourth-order valence-corrected chi connectivity index (χ4v) is 2.79. The van der Waals surface area contributed by atoms with Gasteiger partial charge in [0.1, 0.15) is 11.6 Å². The van der Waals surface area contributed by atoms with E-state index in [0.29, 0.717) is 24.3 Å². The minimum Gasteiger partial charge on any atom is -0.477 e. The first-order valence-electron chi connectivity index (χ1n) is 7.82. The minimum absolute atomic E-state index is 0.634. The van der Waals surface area contributed by atoms with Crippen molar-refractivity contribution in [1.82, 2.24) is 14.9 Å². The summed E-state index contributed by atoms with van der Waals surface area (Å²) in [6.45, 7) is 5.92. The Morgan fingerprint density at radius 2 is 2.24 bits per heavy atom. The molecule has 21 heavy (non-hydrogen) atoms. The molecule has 0 amide bonds. The van der Waals surface area contributed by atoms with Gasteiger partial charge in [-0.05, 0) is 46.2 Å². The third-order valence-corrected chi connectivity index (χ3v) is 4.12. The summed E-state index contributed by atoms with van der Waals surface area (Å²) in [5, 5.41) is 0. The summed E-state index contributed by atoms with van der Waals surface area (Å²) in [6, 6.07) is 0.634. The number of hydrogen-bond donors (Lipinski definition) is 2. The largest absolute Gasteiger partial charge is 0.477 e. The lowest BCUT2D eigenvalue weighted by Crippen LogP contribution is -2.26. The zero-order valence-corrected chi connectivity index (χ0v) is 13.4. The van der Waals surface area contributed by atoms with Crippen LogP contribution in [-0.4, -0.2) is 41.1 Å². The van der Waals surface area contributed by atoms with E-state index >= 15 is 0 Å². The second-order valence-electron chi connectivity index (χ2n) is 5.73. The molecule has 6 nitrogen and oxygen atoms in total. The van der Waals surface area contributed by atoms with Crippen LogP contribution < -0.4 is 16.0 Å². The fraction of sp³-hybridized carbons (Fsp3) is 0.733. The number of nitrogens with one attached hydrogen (secondary N) is 1. The molecule has 0 saturated carbocycles. The minimum atomic E-state index is 0.634. The summed E-state index contributed by atoms with van der Waals surface area (Å²) in [5.74, 6) is 7.62. The van der Waals surface area contributed by atoms with Gasteiger partial charge >= 0.3 is 0 Å². The molecule has 0 aromatic carbocycles. The molecule has 0 radical (unpaired) electrons. The Morgan fingerprint density at radius 1 is 1.43 bits per heavy atom. The van der Waals surface area contributed by atoms with Crippen LogP contribution >= 0.6 is 0 Å². The lowest BCUT2D eigenvalue weighted by atomic mass is 10.1. The van der Waals surface area contributed by atoms with Crippen molar-refractivity contribution in [2.24, 2.45) is 5.84 Å². The van der Waals surface area contributed by atoms with Crippen LogP contribution in [0.15, 0.2) is 0 Å². The molecule has 1 aromatic rings. The molecule has 118 valence electrons. The molecule has 6 heteroatoms. The highest BCUT2D eigenvalue weighted by molar-refractivity contribution is 5.47. The molecule has 1 fully saturated rings. The first kappa shape index (κ1) is 16.0. The van der Waals surface area contributed by atoms with E-state index in [2.05, 4.69) is 34.3 Å². The average Bonchev–Trinajstić information content (AvgIpc) is 2.88. The fourth-order valence-electron chi connectivity index (χ4n) is 2.79. The number of hydrazine groups is 1. The van der Waals surface area contributed by atoms with E-state index in [1.54, 1.807) is 0 Å². The number of aryl methyl sites for hydroxylation is 1. The molecule has 1 unspecified atom stereocenters. The van der Waals surface area contributed by atoms with Gasteiger partial charge in [-0.3, -0.25) is 0 Å². The topological polar surface area (TPSA) is 76.3 Å². The van der Waals surface area contributed by atoms with E-state index in [9.17, 15) is 0 Å². The predicted octanol–water partition coefficient (Wildman–Crippen LogP) is 1.89. The van der Waals surface area contributed by atoms with E-state index in [1.165, 1.54) is 19.4 Å². The standard InChI is InChI=1S/C15H27N5O/c1-4-6-13-17-14(19-16)11(2)15(18-13)21-10-8-12-7-5-9-20(12)3/h12H,4-10,16H2,1-3H3,(H,17,18,19). The second-order valence-corrected chi connectivity index (χ2v) is 5.73. The van der Waals surface area contributed by atoms with Crippen LogP contribution in [0.5, 0.6) is 5.88 Å². The van der Waals surface area contributed by atoms with Gasteiger partial charge in [-0.25, -0.2) is 10.8 Å². The van der Waals surface area contributed by atoms with Crippen molar-refractivity contribution in [2.45, 2.75) is 52.0 Å². The summed E-state index contributed by atoms with van der Waals surface area (Å²) in [4.78, 5) is 11.3. The van der Waals surface area contributed by atoms with Crippen LogP contribution in [0, 0.1) is 6.92 Å². The van der Waals surface area contributed by atoms with Gasteiger partial charge in [-0.15, -0.1) is 0 Å². The van der Waals surface area contributed by atoms with Crippen LogP contribution in [0.2, 0.25) is 0 Å². The summed E-state index contributed by atoms with van der Waals surface area (Å²) in [7, 11) is 2.18. The lowest BCUT2D eigenvalue weighted by molar-refractivity contribution is 0.227. The Kier molecular flexibility index (Phi) is 5.76. The van der Waals surface area contributed by atoms with Gasteiger partial charge in [-0.2, -0.15) is 4.98 Å². The van der Waals surface area contributed by atoms with Gasteiger partial charge < -0.3 is 15.1 Å². The maximum absolute atomic E-state index is 5.90. The van der Waals surface area contributed by atoms with Gasteiger partial charge in [0, 0.05) is 12.5 Å². The van der Waals surface area contributed by atoms with Gasteiger partial charge in [0.2, 0.25) is 5.88 Å². The zero-order chi connectivity index (χ0) is 15.2. The quantitative estimate of drug-likeness (QED) is 0.590. The molecule has 1 saturated heterocycles. The third-order valence-electron chi connectivity index (χ3n) is 4.12. The molecule has 0 spiro atoms. The number of anilines is 1. The van der Waals surface area contributed by atoms with Gasteiger partial charge in [0.25, 0.3) is 0 Å². The number of ether oxygens (including phenoxy) is 1. The summed E-state index contributed by atoms with van der Waals surface area (Å²) in [6.07, 6.45) is 5.42. The molecule has 2 heterocycles. The SMILES string of the molecule is CCCc1nc(NN)c(C)c(OCCC2CCCN2C)n1. The summed E-state index contributed by atoms with van der Waals surface area (Å²) >= 11 is 0. The van der Waals surface area contributed by atoms with Crippen LogP contribution in [0.1, 0.15) is 44.0 Å². The molecule has 3 N–H and O–H groups in total. The Bertz CT molecular complexity index is 466. The molecule has 0 aliphatic carbocycles. The highest BCUT2D eigenvalue weighted by atomic mass is 16.5. The van der Waals surface area contributed by atoms with Crippen molar-refractivity contribution in [1.29, 1.82) is 0 Å². The van der Waals surface area contributed by atoms with Crippen molar-refractivity contribution in [2.75, 3.05) is 25.6 Å². The smallest absolute Gasteiger partial charge is 0.221 e. The van der Waals surface area contributed by atoms with Crippen molar-refractivity contribution in [3.8, 4) is 5.88 Å². The number of rotatable bonds is 7. The number of nitrogens with zero attached hydrogens (tertiary/aromatic N) is 3. The number of likely N-dealkylation sites (tertiary alicyclic amines) is 1. The second kappa shape index (κ2) is 7.56.